The molecule has 0 saturated heterocycles. The summed E-state index contributed by atoms with van der Waals surface area (Å²) in [4.78, 5) is 17.2. The molecule has 1 amide bonds. The number of aromatic nitrogens is 2. The number of rotatable bonds is 5. The Morgan fingerprint density at radius 3 is 2.63 bits per heavy atom. The molecule has 7 nitrogen and oxygen atoms in total. The van der Waals surface area contributed by atoms with Gasteiger partial charge in [-0.1, -0.05) is 18.2 Å². The van der Waals surface area contributed by atoms with Crippen LogP contribution in [0, 0.1) is 19.7 Å². The number of guanidine groups is 1. The fraction of sp³-hybridized carbons (Fsp3) is 0.227. The van der Waals surface area contributed by atoms with E-state index >= 15 is 0 Å². The highest BCUT2D eigenvalue weighted by atomic mass is 19.1. The van der Waals surface area contributed by atoms with Crippen molar-refractivity contribution < 1.29 is 13.9 Å². The minimum atomic E-state index is -0.602. The SMILES string of the molecule is COc1cccc(NC(=NCc2c(C)nn(C)c2C)NC(=O)c2ccccc2F)c1. The number of nitrogens with zero attached hydrogens (tertiary/aromatic N) is 3. The molecule has 3 rings (SSSR count). The Morgan fingerprint density at radius 1 is 1.20 bits per heavy atom. The molecule has 0 bridgehead atoms. The average Bonchev–Trinajstić information content (AvgIpc) is 2.97. The second-order valence-electron chi connectivity index (χ2n) is 6.73. The zero-order chi connectivity index (χ0) is 21.7. The van der Waals surface area contributed by atoms with Crippen LogP contribution in [0.3, 0.4) is 0 Å². The van der Waals surface area contributed by atoms with Crippen molar-refractivity contribution in [2.45, 2.75) is 20.4 Å². The molecule has 0 spiro atoms. The second kappa shape index (κ2) is 9.21. The molecule has 156 valence electrons. The minimum Gasteiger partial charge on any atom is -0.497 e. The van der Waals surface area contributed by atoms with Crippen LogP contribution in [0.2, 0.25) is 0 Å². The monoisotopic (exact) mass is 409 g/mol. The lowest BCUT2D eigenvalue weighted by atomic mass is 10.2. The van der Waals surface area contributed by atoms with E-state index in [0.29, 0.717) is 18.0 Å². The van der Waals surface area contributed by atoms with Gasteiger partial charge in [0.2, 0.25) is 5.96 Å². The van der Waals surface area contributed by atoms with Gasteiger partial charge in [0.25, 0.3) is 5.91 Å². The van der Waals surface area contributed by atoms with Crippen molar-refractivity contribution in [2.24, 2.45) is 12.0 Å². The molecule has 0 radical (unpaired) electrons. The van der Waals surface area contributed by atoms with Crippen LogP contribution in [-0.2, 0) is 13.6 Å². The van der Waals surface area contributed by atoms with E-state index in [-0.39, 0.29) is 11.5 Å². The summed E-state index contributed by atoms with van der Waals surface area (Å²) in [6.45, 7) is 4.16. The smallest absolute Gasteiger partial charge is 0.260 e. The zero-order valence-corrected chi connectivity index (χ0v) is 17.4. The first-order valence-corrected chi connectivity index (χ1v) is 9.39. The maximum atomic E-state index is 14.0. The van der Waals surface area contributed by atoms with Gasteiger partial charge in [-0.15, -0.1) is 0 Å². The molecule has 0 aliphatic carbocycles. The standard InChI is InChI=1S/C22H24FN5O2/c1-14-19(15(2)28(3)27-14)13-24-22(25-16-8-7-9-17(12-16)30-4)26-21(29)18-10-5-6-11-20(18)23/h5-12H,13H2,1-4H3,(H2,24,25,26,29). The van der Waals surface area contributed by atoms with E-state index in [9.17, 15) is 9.18 Å². The maximum Gasteiger partial charge on any atom is 0.260 e. The van der Waals surface area contributed by atoms with E-state index in [1.165, 1.54) is 18.2 Å². The van der Waals surface area contributed by atoms with Gasteiger partial charge in [0.15, 0.2) is 0 Å². The fourth-order valence-electron chi connectivity index (χ4n) is 2.97. The van der Waals surface area contributed by atoms with Gasteiger partial charge in [-0.2, -0.15) is 5.10 Å². The number of aliphatic imine (C=N–C) groups is 1. The van der Waals surface area contributed by atoms with Gasteiger partial charge in [-0.3, -0.25) is 14.8 Å². The summed E-state index contributed by atoms with van der Waals surface area (Å²) in [5.41, 5.74) is 3.41. The number of benzene rings is 2. The van der Waals surface area contributed by atoms with Crippen molar-refractivity contribution in [2.75, 3.05) is 12.4 Å². The summed E-state index contributed by atoms with van der Waals surface area (Å²) in [6, 6.07) is 13.0. The highest BCUT2D eigenvalue weighted by molar-refractivity contribution is 6.10. The number of aryl methyl sites for hydroxylation is 2. The lowest BCUT2D eigenvalue weighted by Gasteiger charge is -2.13. The Morgan fingerprint density at radius 2 is 1.97 bits per heavy atom. The largest absolute Gasteiger partial charge is 0.497 e. The third kappa shape index (κ3) is 4.83. The maximum absolute atomic E-state index is 14.0. The van der Waals surface area contributed by atoms with Crippen LogP contribution < -0.4 is 15.4 Å². The molecule has 30 heavy (non-hydrogen) atoms. The summed E-state index contributed by atoms with van der Waals surface area (Å²) in [5.74, 6) is -0.352. The highest BCUT2D eigenvalue weighted by Crippen LogP contribution is 2.17. The molecule has 2 N–H and O–H groups in total. The number of carbonyl (C=O) groups excluding carboxylic acids is 1. The lowest BCUT2D eigenvalue weighted by Crippen LogP contribution is -2.36. The average molecular weight is 409 g/mol. The number of methoxy groups -OCH3 is 1. The van der Waals surface area contributed by atoms with Gasteiger partial charge in [0.1, 0.15) is 11.6 Å². The van der Waals surface area contributed by atoms with Crippen molar-refractivity contribution in [1.82, 2.24) is 15.1 Å². The van der Waals surface area contributed by atoms with Crippen molar-refractivity contribution >= 4 is 17.6 Å². The molecule has 0 unspecified atom stereocenters. The van der Waals surface area contributed by atoms with Gasteiger partial charge < -0.3 is 10.1 Å². The Labute approximate surface area is 174 Å². The van der Waals surface area contributed by atoms with Crippen LogP contribution in [0.4, 0.5) is 10.1 Å². The Hall–Kier alpha value is -3.68. The summed E-state index contributed by atoms with van der Waals surface area (Å²) >= 11 is 0. The predicted molar refractivity (Wildman–Crippen MR) is 114 cm³/mol. The van der Waals surface area contributed by atoms with E-state index in [4.69, 9.17) is 4.74 Å². The number of amides is 1. The van der Waals surface area contributed by atoms with Crippen molar-refractivity contribution in [1.29, 1.82) is 0 Å². The number of hydrogen-bond acceptors (Lipinski definition) is 4. The summed E-state index contributed by atoms with van der Waals surface area (Å²) in [7, 11) is 3.44. The van der Waals surface area contributed by atoms with Gasteiger partial charge in [0, 0.05) is 30.1 Å². The van der Waals surface area contributed by atoms with E-state index in [2.05, 4.69) is 20.7 Å². The Balaban J connectivity index is 1.89. The first kappa shape index (κ1) is 21.0. The third-order valence-electron chi connectivity index (χ3n) is 4.74. The number of ether oxygens (including phenoxy) is 1. The first-order valence-electron chi connectivity index (χ1n) is 9.39. The molecule has 0 saturated carbocycles. The highest BCUT2D eigenvalue weighted by Gasteiger charge is 2.15. The minimum absolute atomic E-state index is 0.0635. The van der Waals surface area contributed by atoms with Crippen LogP contribution in [0.25, 0.3) is 0 Å². The Kier molecular flexibility index (Phi) is 6.46. The topological polar surface area (TPSA) is 80.5 Å². The number of anilines is 1. The van der Waals surface area contributed by atoms with Gasteiger partial charge in [-0.05, 0) is 38.1 Å². The van der Waals surface area contributed by atoms with Gasteiger partial charge >= 0.3 is 0 Å². The van der Waals surface area contributed by atoms with Crippen LogP contribution in [0.1, 0.15) is 27.3 Å². The van der Waals surface area contributed by atoms with Crippen LogP contribution in [-0.4, -0.2) is 28.8 Å². The first-order chi connectivity index (χ1) is 14.4. The van der Waals surface area contributed by atoms with Crippen molar-refractivity contribution in [3.63, 3.8) is 0 Å². The second-order valence-corrected chi connectivity index (χ2v) is 6.73. The zero-order valence-electron chi connectivity index (χ0n) is 17.4. The molecule has 0 aliphatic rings. The van der Waals surface area contributed by atoms with Crippen molar-refractivity contribution in [3.8, 4) is 5.75 Å². The van der Waals surface area contributed by atoms with E-state index in [0.717, 1.165) is 17.0 Å². The lowest BCUT2D eigenvalue weighted by molar-refractivity contribution is 0.0973. The molecule has 1 aromatic heterocycles. The molecular weight excluding hydrogens is 385 g/mol. The molecule has 8 heteroatoms. The van der Waals surface area contributed by atoms with E-state index in [1.807, 2.05) is 39.1 Å². The molecule has 0 atom stereocenters. The predicted octanol–water partition coefficient (Wildman–Crippen LogP) is 3.58. The number of halogens is 1. The number of hydrogen-bond donors (Lipinski definition) is 2. The van der Waals surface area contributed by atoms with E-state index < -0.39 is 11.7 Å². The normalized spacial score (nSPS) is 11.3. The molecular formula is C22H24FN5O2. The molecule has 2 aromatic carbocycles. The van der Waals surface area contributed by atoms with Crippen LogP contribution >= 0.6 is 0 Å². The Bertz CT molecular complexity index is 1090. The van der Waals surface area contributed by atoms with E-state index in [1.54, 1.807) is 23.9 Å². The van der Waals surface area contributed by atoms with Gasteiger partial charge in [0.05, 0.1) is 24.9 Å². The summed E-state index contributed by atoms with van der Waals surface area (Å²) in [5, 5.41) is 10.1. The molecule has 0 fully saturated rings. The van der Waals surface area contributed by atoms with Crippen LogP contribution in [0.5, 0.6) is 5.75 Å². The van der Waals surface area contributed by atoms with Crippen LogP contribution in [0.15, 0.2) is 53.5 Å². The molecule has 0 aliphatic heterocycles. The quantitative estimate of drug-likeness (QED) is 0.499. The summed E-state index contributed by atoms with van der Waals surface area (Å²) in [6.07, 6.45) is 0. The number of nitrogens with one attached hydrogen (secondary N) is 2. The molecule has 3 aromatic rings. The number of carbonyl (C=O) groups is 1. The fourth-order valence-corrected chi connectivity index (χ4v) is 2.97. The molecule has 1 heterocycles. The summed E-state index contributed by atoms with van der Waals surface area (Å²) < 4.78 is 21.1. The van der Waals surface area contributed by atoms with Crippen molar-refractivity contribution in [3.05, 3.63) is 76.9 Å². The van der Waals surface area contributed by atoms with Gasteiger partial charge in [-0.25, -0.2) is 9.38 Å². The third-order valence-corrected chi connectivity index (χ3v) is 4.74.